The number of nitrogens with zero attached hydrogens (tertiary/aromatic N) is 2. The van der Waals surface area contributed by atoms with Gasteiger partial charge in [-0.2, -0.15) is 4.99 Å². The van der Waals surface area contributed by atoms with Gasteiger partial charge in [-0.15, -0.1) is 0 Å². The van der Waals surface area contributed by atoms with Gasteiger partial charge in [0.05, 0.1) is 7.11 Å². The normalized spacial score (nSPS) is 15.4. The van der Waals surface area contributed by atoms with Gasteiger partial charge in [0.2, 0.25) is 0 Å². The minimum absolute atomic E-state index is 0.744. The maximum atomic E-state index is 5.16. The maximum Gasteiger partial charge on any atom is 0.197 e. The summed E-state index contributed by atoms with van der Waals surface area (Å²) in [5, 5.41) is 8.19. The van der Waals surface area contributed by atoms with Crippen LogP contribution in [0.5, 0.6) is 5.75 Å². The molecule has 0 aliphatic carbocycles. The molecule has 1 heterocycles. The lowest BCUT2D eigenvalue weighted by atomic mass is 10.2. The van der Waals surface area contributed by atoms with Crippen LogP contribution in [0.4, 0.5) is 5.69 Å². The number of aliphatic imine (C=N–C) groups is 2. The van der Waals surface area contributed by atoms with Crippen molar-refractivity contribution in [3.63, 3.8) is 0 Å². The van der Waals surface area contributed by atoms with Crippen LogP contribution in [-0.2, 0) is 6.54 Å². The summed E-state index contributed by atoms with van der Waals surface area (Å²) in [7, 11) is 1.67. The zero-order chi connectivity index (χ0) is 17.5. The van der Waals surface area contributed by atoms with Crippen molar-refractivity contribution < 1.29 is 4.74 Å². The maximum absolute atomic E-state index is 5.16. The highest BCUT2D eigenvalue weighted by molar-refractivity contribution is 8.29. The second-order valence-electron chi connectivity index (χ2n) is 5.44. The highest BCUT2D eigenvalue weighted by Crippen LogP contribution is 2.22. The molecule has 0 saturated heterocycles. The molecule has 2 aromatic carbocycles. The lowest BCUT2D eigenvalue weighted by Crippen LogP contribution is -2.19. The van der Waals surface area contributed by atoms with E-state index in [1.54, 1.807) is 13.3 Å². The number of benzene rings is 2. The average Bonchev–Trinajstić information content (AvgIpc) is 2.63. The number of hydrogen-bond donors (Lipinski definition) is 2. The second kappa shape index (κ2) is 8.39. The van der Waals surface area contributed by atoms with Crippen LogP contribution < -0.4 is 15.4 Å². The van der Waals surface area contributed by atoms with Crippen LogP contribution in [0, 0.1) is 0 Å². The molecule has 0 aromatic heterocycles. The molecule has 3 rings (SSSR count). The van der Waals surface area contributed by atoms with E-state index in [0.29, 0.717) is 0 Å². The van der Waals surface area contributed by atoms with Crippen LogP contribution in [0.1, 0.15) is 12.5 Å². The van der Waals surface area contributed by atoms with Gasteiger partial charge in [-0.1, -0.05) is 30.3 Å². The number of para-hydroxylation sites is 1. The Morgan fingerprint density at radius 2 is 1.88 bits per heavy atom. The Bertz CT molecular complexity index is 798. The van der Waals surface area contributed by atoms with E-state index in [1.807, 2.05) is 61.5 Å². The largest absolute Gasteiger partial charge is 0.497 e. The highest BCUT2D eigenvalue weighted by Gasteiger charge is 2.16. The van der Waals surface area contributed by atoms with E-state index in [1.165, 1.54) is 17.3 Å². The first-order valence-electron chi connectivity index (χ1n) is 7.93. The number of rotatable bonds is 6. The van der Waals surface area contributed by atoms with Crippen LogP contribution in [0.25, 0.3) is 0 Å². The molecule has 2 N–H and O–H groups in total. The number of ether oxygens (including phenoxy) is 1. The molecule has 6 heteroatoms. The lowest BCUT2D eigenvalue weighted by molar-refractivity contribution is 0.414. The van der Waals surface area contributed by atoms with Gasteiger partial charge in [-0.3, -0.25) is 0 Å². The van der Waals surface area contributed by atoms with Crippen LogP contribution in [0.3, 0.4) is 0 Å². The van der Waals surface area contributed by atoms with Crippen LogP contribution in [-0.4, -0.2) is 17.4 Å². The van der Waals surface area contributed by atoms with Crippen molar-refractivity contribution in [3.05, 3.63) is 72.1 Å². The minimum atomic E-state index is 0.744. The number of allylic oxidation sites excluding steroid dienone is 1. The predicted octanol–water partition coefficient (Wildman–Crippen LogP) is 4.22. The molecule has 0 spiro atoms. The summed E-state index contributed by atoms with van der Waals surface area (Å²) in [6.07, 6.45) is 1.80. The first-order valence-corrected chi connectivity index (χ1v) is 8.74. The van der Waals surface area contributed by atoms with Gasteiger partial charge in [-0.05, 0) is 48.5 Å². The molecular formula is C19H20N4OS. The van der Waals surface area contributed by atoms with E-state index in [4.69, 9.17) is 4.74 Å². The number of amidine groups is 2. The van der Waals surface area contributed by atoms with Gasteiger partial charge < -0.3 is 15.4 Å². The van der Waals surface area contributed by atoms with E-state index in [9.17, 15) is 0 Å². The third-order valence-electron chi connectivity index (χ3n) is 3.51. The van der Waals surface area contributed by atoms with Gasteiger partial charge in [0.25, 0.3) is 0 Å². The quantitative estimate of drug-likeness (QED) is 0.817. The van der Waals surface area contributed by atoms with E-state index in [-0.39, 0.29) is 0 Å². The Balaban J connectivity index is 1.47. The predicted molar refractivity (Wildman–Crippen MR) is 106 cm³/mol. The molecular weight excluding hydrogens is 332 g/mol. The molecule has 1 aliphatic heterocycles. The fraction of sp³-hybridized carbons (Fsp3) is 0.158. The summed E-state index contributed by atoms with van der Waals surface area (Å²) in [6.45, 7) is 2.73. The molecule has 0 atom stereocenters. The fourth-order valence-corrected chi connectivity index (χ4v) is 2.70. The molecule has 25 heavy (non-hydrogen) atoms. The van der Waals surface area contributed by atoms with Crippen molar-refractivity contribution in [3.8, 4) is 5.75 Å². The molecule has 1 aliphatic rings. The Labute approximate surface area is 151 Å². The van der Waals surface area contributed by atoms with Gasteiger partial charge >= 0.3 is 0 Å². The molecule has 0 unspecified atom stereocenters. The monoisotopic (exact) mass is 352 g/mol. The standard InChI is InChI=1S/C19H20N4OS/c1-14(20-13-15-8-10-17(24-2)11-9-15)12-21-18-23-19(25-18)22-16-6-4-3-5-7-16/h3-12,20H,13H2,1-2H3,(H,21,22,23)/b14-12-. The number of nitrogens with one attached hydrogen (secondary N) is 2. The summed E-state index contributed by atoms with van der Waals surface area (Å²) in [6, 6.07) is 18.0. The van der Waals surface area contributed by atoms with Crippen LogP contribution in [0.15, 0.2) is 76.5 Å². The molecule has 2 aromatic rings. The molecule has 0 amide bonds. The summed E-state index contributed by atoms with van der Waals surface area (Å²) in [4.78, 5) is 8.73. The number of hydrogen-bond acceptors (Lipinski definition) is 5. The molecule has 0 radical (unpaired) electrons. The van der Waals surface area contributed by atoms with Crippen molar-refractivity contribution in [2.75, 3.05) is 12.4 Å². The fourth-order valence-electron chi connectivity index (χ4n) is 2.12. The summed E-state index contributed by atoms with van der Waals surface area (Å²) < 4.78 is 5.16. The summed E-state index contributed by atoms with van der Waals surface area (Å²) in [5.74, 6) is 0.863. The first-order chi connectivity index (χ1) is 12.2. The zero-order valence-corrected chi connectivity index (χ0v) is 15.0. The van der Waals surface area contributed by atoms with E-state index < -0.39 is 0 Å². The smallest absolute Gasteiger partial charge is 0.197 e. The van der Waals surface area contributed by atoms with Gasteiger partial charge in [0, 0.05) is 24.1 Å². The van der Waals surface area contributed by atoms with Crippen molar-refractivity contribution in [2.45, 2.75) is 13.5 Å². The van der Waals surface area contributed by atoms with E-state index in [0.717, 1.165) is 34.0 Å². The van der Waals surface area contributed by atoms with Crippen molar-refractivity contribution in [1.29, 1.82) is 0 Å². The third kappa shape index (κ3) is 5.12. The first kappa shape index (κ1) is 17.1. The Morgan fingerprint density at radius 3 is 2.56 bits per heavy atom. The van der Waals surface area contributed by atoms with Crippen LogP contribution in [0.2, 0.25) is 0 Å². The number of anilines is 1. The minimum Gasteiger partial charge on any atom is -0.497 e. The Kier molecular flexibility index (Phi) is 5.74. The van der Waals surface area contributed by atoms with Gasteiger partial charge in [0.1, 0.15) is 5.75 Å². The lowest BCUT2D eigenvalue weighted by Gasteiger charge is -2.15. The molecule has 5 nitrogen and oxygen atoms in total. The van der Waals surface area contributed by atoms with E-state index in [2.05, 4.69) is 20.6 Å². The van der Waals surface area contributed by atoms with Crippen molar-refractivity contribution >= 4 is 27.8 Å². The topological polar surface area (TPSA) is 58.0 Å². The third-order valence-corrected chi connectivity index (χ3v) is 4.28. The molecule has 0 saturated carbocycles. The molecule has 0 bridgehead atoms. The van der Waals surface area contributed by atoms with Crippen molar-refractivity contribution in [2.24, 2.45) is 9.98 Å². The Morgan fingerprint density at radius 1 is 1.16 bits per heavy atom. The summed E-state index contributed by atoms with van der Waals surface area (Å²) >= 11 is 1.53. The molecule has 128 valence electrons. The number of thioether (sulfide) groups is 1. The van der Waals surface area contributed by atoms with Gasteiger partial charge in [0.15, 0.2) is 10.3 Å². The Hall–Kier alpha value is -2.73. The number of methoxy groups -OCH3 is 1. The zero-order valence-electron chi connectivity index (χ0n) is 14.2. The van der Waals surface area contributed by atoms with Gasteiger partial charge in [-0.25, -0.2) is 4.99 Å². The van der Waals surface area contributed by atoms with Crippen LogP contribution >= 0.6 is 11.8 Å². The van der Waals surface area contributed by atoms with Crippen molar-refractivity contribution in [1.82, 2.24) is 5.32 Å². The van der Waals surface area contributed by atoms with E-state index >= 15 is 0 Å². The average molecular weight is 352 g/mol. The highest BCUT2D eigenvalue weighted by atomic mass is 32.2. The second-order valence-corrected chi connectivity index (χ2v) is 6.39. The summed E-state index contributed by atoms with van der Waals surface area (Å²) in [5.41, 5.74) is 3.20. The molecule has 0 fully saturated rings. The SMILES string of the molecule is COc1ccc(CN/C(C)=C\N=C2N=C(Nc3ccccc3)S2)cc1.